The summed E-state index contributed by atoms with van der Waals surface area (Å²) in [6, 6.07) is 12.8. The standard InChI is InChI=1S/C24H30N2O6S/c1-24(2,3)32-18-13-11-17(12-14-18)16-20(23(28)29)25-22(27)21-10-7-15-26(21)33(30,31)19-8-5-4-6-9-19/h4-6,8-9,11-14,20-21H,7,10,15-16H2,1-3H3,(H,25,27)(H,28,29)/t20-,21-/m0/s1. The predicted molar refractivity (Wildman–Crippen MR) is 123 cm³/mol. The van der Waals surface area contributed by atoms with E-state index in [4.69, 9.17) is 4.74 Å². The summed E-state index contributed by atoms with van der Waals surface area (Å²) in [5, 5.41) is 12.2. The monoisotopic (exact) mass is 474 g/mol. The van der Waals surface area contributed by atoms with E-state index < -0.39 is 34.0 Å². The number of amides is 1. The maximum absolute atomic E-state index is 13.0. The Hall–Kier alpha value is -2.91. The maximum atomic E-state index is 13.0. The van der Waals surface area contributed by atoms with Crippen molar-refractivity contribution in [2.75, 3.05) is 6.54 Å². The summed E-state index contributed by atoms with van der Waals surface area (Å²) in [4.78, 5) is 24.9. The molecule has 2 N–H and O–H groups in total. The molecule has 178 valence electrons. The molecule has 3 rings (SSSR count). The maximum Gasteiger partial charge on any atom is 0.326 e. The highest BCUT2D eigenvalue weighted by molar-refractivity contribution is 7.89. The summed E-state index contributed by atoms with van der Waals surface area (Å²) >= 11 is 0. The molecule has 1 saturated heterocycles. The van der Waals surface area contributed by atoms with Gasteiger partial charge in [0, 0.05) is 13.0 Å². The van der Waals surface area contributed by atoms with Gasteiger partial charge in [-0.25, -0.2) is 13.2 Å². The van der Waals surface area contributed by atoms with Gasteiger partial charge in [0.25, 0.3) is 0 Å². The van der Waals surface area contributed by atoms with Crippen molar-refractivity contribution in [3.05, 3.63) is 60.2 Å². The number of carboxylic acids is 1. The molecule has 0 unspecified atom stereocenters. The summed E-state index contributed by atoms with van der Waals surface area (Å²) in [7, 11) is -3.86. The molecule has 9 heteroatoms. The zero-order valence-electron chi connectivity index (χ0n) is 19.0. The predicted octanol–water partition coefficient (Wildman–Crippen LogP) is 2.83. The highest BCUT2D eigenvalue weighted by Gasteiger charge is 2.40. The number of nitrogens with zero attached hydrogens (tertiary/aromatic N) is 1. The molecule has 0 bridgehead atoms. The number of carbonyl (C=O) groups excluding carboxylic acids is 1. The third-order valence-corrected chi connectivity index (χ3v) is 7.18. The molecular weight excluding hydrogens is 444 g/mol. The Balaban J connectivity index is 1.70. The Morgan fingerprint density at radius 1 is 1.12 bits per heavy atom. The number of hydrogen-bond donors (Lipinski definition) is 2. The SMILES string of the molecule is CC(C)(C)Oc1ccc(C[C@H](NC(=O)[C@@H]2CCCN2S(=O)(=O)c2ccccc2)C(=O)O)cc1. The van der Waals surface area contributed by atoms with E-state index in [2.05, 4.69) is 5.32 Å². The molecule has 1 fully saturated rings. The molecular formula is C24H30N2O6S. The third-order valence-electron chi connectivity index (χ3n) is 5.26. The average Bonchev–Trinajstić information content (AvgIpc) is 3.25. The zero-order valence-corrected chi connectivity index (χ0v) is 19.8. The number of ether oxygens (including phenoxy) is 1. The highest BCUT2D eigenvalue weighted by Crippen LogP contribution is 2.26. The minimum absolute atomic E-state index is 0.0645. The van der Waals surface area contributed by atoms with Crippen LogP contribution in [0.2, 0.25) is 0 Å². The quantitative estimate of drug-likeness (QED) is 0.608. The Labute approximate surface area is 194 Å². The van der Waals surface area contributed by atoms with Crippen molar-refractivity contribution in [3.8, 4) is 5.75 Å². The van der Waals surface area contributed by atoms with E-state index in [0.29, 0.717) is 24.2 Å². The number of benzene rings is 2. The van der Waals surface area contributed by atoms with E-state index in [0.717, 1.165) is 4.31 Å². The van der Waals surface area contributed by atoms with Crippen molar-refractivity contribution in [1.29, 1.82) is 0 Å². The third kappa shape index (κ3) is 6.33. The van der Waals surface area contributed by atoms with Crippen molar-refractivity contribution >= 4 is 21.9 Å². The van der Waals surface area contributed by atoms with E-state index in [1.54, 1.807) is 42.5 Å². The molecule has 0 radical (unpaired) electrons. The minimum Gasteiger partial charge on any atom is -0.488 e. The molecule has 1 aliphatic heterocycles. The van der Waals surface area contributed by atoms with E-state index in [1.807, 2.05) is 20.8 Å². The minimum atomic E-state index is -3.86. The van der Waals surface area contributed by atoms with Crippen LogP contribution in [0.5, 0.6) is 5.75 Å². The van der Waals surface area contributed by atoms with E-state index in [9.17, 15) is 23.1 Å². The van der Waals surface area contributed by atoms with Crippen LogP contribution in [0.3, 0.4) is 0 Å². The van der Waals surface area contributed by atoms with Crippen LogP contribution in [0, 0.1) is 0 Å². The number of aliphatic carboxylic acids is 1. The molecule has 0 spiro atoms. The summed E-state index contributed by atoms with van der Waals surface area (Å²) in [5.74, 6) is -1.13. The first kappa shape index (κ1) is 24.7. The second-order valence-electron chi connectivity index (χ2n) is 9.05. The summed E-state index contributed by atoms with van der Waals surface area (Å²) < 4.78 is 33.0. The molecule has 1 amide bonds. The van der Waals surface area contributed by atoms with Crippen LogP contribution in [0.4, 0.5) is 0 Å². The Morgan fingerprint density at radius 3 is 2.33 bits per heavy atom. The van der Waals surface area contributed by atoms with Crippen molar-refractivity contribution < 1.29 is 27.9 Å². The lowest BCUT2D eigenvalue weighted by molar-refractivity contribution is -0.142. The second kappa shape index (κ2) is 9.93. The van der Waals surface area contributed by atoms with E-state index in [1.165, 1.54) is 12.1 Å². The molecule has 1 heterocycles. The fourth-order valence-corrected chi connectivity index (χ4v) is 5.45. The van der Waals surface area contributed by atoms with Gasteiger partial charge in [0.2, 0.25) is 15.9 Å². The normalized spacial score (nSPS) is 18.0. The summed E-state index contributed by atoms with van der Waals surface area (Å²) in [5.41, 5.74) is 0.357. The van der Waals surface area contributed by atoms with Gasteiger partial charge < -0.3 is 15.2 Å². The topological polar surface area (TPSA) is 113 Å². The van der Waals surface area contributed by atoms with Crippen molar-refractivity contribution in [2.24, 2.45) is 0 Å². The first-order valence-corrected chi connectivity index (χ1v) is 12.3. The molecule has 33 heavy (non-hydrogen) atoms. The van der Waals surface area contributed by atoms with Crippen LogP contribution in [-0.4, -0.2) is 53.9 Å². The molecule has 0 aromatic heterocycles. The first-order valence-electron chi connectivity index (χ1n) is 10.9. The van der Waals surface area contributed by atoms with Gasteiger partial charge in [-0.15, -0.1) is 0 Å². The molecule has 0 aliphatic carbocycles. The largest absolute Gasteiger partial charge is 0.488 e. The van der Waals surface area contributed by atoms with Gasteiger partial charge in [-0.3, -0.25) is 4.79 Å². The smallest absolute Gasteiger partial charge is 0.326 e. The Bertz CT molecular complexity index is 1080. The highest BCUT2D eigenvalue weighted by atomic mass is 32.2. The van der Waals surface area contributed by atoms with Gasteiger partial charge in [0.1, 0.15) is 23.4 Å². The van der Waals surface area contributed by atoms with E-state index >= 15 is 0 Å². The number of nitrogens with one attached hydrogen (secondary N) is 1. The van der Waals surface area contributed by atoms with Gasteiger partial charge in [-0.2, -0.15) is 4.31 Å². The van der Waals surface area contributed by atoms with Crippen LogP contribution in [0.15, 0.2) is 59.5 Å². The van der Waals surface area contributed by atoms with E-state index in [-0.39, 0.29) is 23.5 Å². The molecule has 0 saturated carbocycles. The van der Waals surface area contributed by atoms with Crippen LogP contribution < -0.4 is 10.1 Å². The summed E-state index contributed by atoms with van der Waals surface area (Å²) in [6.45, 7) is 6.01. The second-order valence-corrected chi connectivity index (χ2v) is 10.9. The molecule has 8 nitrogen and oxygen atoms in total. The van der Waals surface area contributed by atoms with Crippen LogP contribution >= 0.6 is 0 Å². The van der Waals surface area contributed by atoms with Gasteiger partial charge in [0.05, 0.1) is 4.90 Å². The van der Waals surface area contributed by atoms with Gasteiger partial charge in [0.15, 0.2) is 0 Å². The van der Waals surface area contributed by atoms with Crippen LogP contribution in [-0.2, 0) is 26.0 Å². The molecule has 2 aromatic rings. The molecule has 1 aliphatic rings. The molecule has 2 atom stereocenters. The van der Waals surface area contributed by atoms with Crippen LogP contribution in [0.25, 0.3) is 0 Å². The Kier molecular flexibility index (Phi) is 7.44. The summed E-state index contributed by atoms with van der Waals surface area (Å²) in [6.07, 6.45) is 0.926. The Morgan fingerprint density at radius 2 is 1.76 bits per heavy atom. The first-order chi connectivity index (χ1) is 15.5. The fourth-order valence-electron chi connectivity index (χ4n) is 3.77. The lowest BCUT2D eigenvalue weighted by atomic mass is 10.0. The fraction of sp³-hybridized carbons (Fsp3) is 0.417. The number of hydrogen-bond acceptors (Lipinski definition) is 5. The van der Waals surface area contributed by atoms with Gasteiger partial charge in [-0.05, 0) is 63.4 Å². The van der Waals surface area contributed by atoms with Crippen molar-refractivity contribution in [1.82, 2.24) is 9.62 Å². The van der Waals surface area contributed by atoms with Crippen molar-refractivity contribution in [2.45, 2.75) is 62.6 Å². The number of carboxylic acid groups (broad SMARTS) is 1. The lowest BCUT2D eigenvalue weighted by Crippen LogP contribution is -2.51. The van der Waals surface area contributed by atoms with Gasteiger partial charge in [-0.1, -0.05) is 30.3 Å². The molecule has 2 aromatic carbocycles. The van der Waals surface area contributed by atoms with Crippen molar-refractivity contribution in [3.63, 3.8) is 0 Å². The zero-order chi connectivity index (χ0) is 24.2. The average molecular weight is 475 g/mol. The number of carbonyl (C=O) groups is 2. The van der Waals surface area contributed by atoms with Gasteiger partial charge >= 0.3 is 5.97 Å². The number of sulfonamides is 1. The number of rotatable bonds is 8. The lowest BCUT2D eigenvalue weighted by Gasteiger charge is -2.25. The van der Waals surface area contributed by atoms with Crippen LogP contribution in [0.1, 0.15) is 39.2 Å².